The van der Waals surface area contributed by atoms with Crippen LogP contribution in [0.4, 0.5) is 11.4 Å². The van der Waals surface area contributed by atoms with Gasteiger partial charge in [0.15, 0.2) is 0 Å². The lowest BCUT2D eigenvalue weighted by molar-refractivity contribution is -0.136. The van der Waals surface area contributed by atoms with Gasteiger partial charge in [0.05, 0.1) is 0 Å². The second-order valence-corrected chi connectivity index (χ2v) is 6.94. The highest BCUT2D eigenvalue weighted by Gasteiger charge is 2.39. The van der Waals surface area contributed by atoms with E-state index in [-0.39, 0.29) is 11.8 Å². The van der Waals surface area contributed by atoms with E-state index in [1.165, 1.54) is 4.90 Å². The molecule has 0 bridgehead atoms. The van der Waals surface area contributed by atoms with Crippen LogP contribution < -0.4 is 10.2 Å². The Bertz CT molecular complexity index is 760. The molecule has 0 aromatic heterocycles. The van der Waals surface area contributed by atoms with Gasteiger partial charge in [-0.1, -0.05) is 50.2 Å². The van der Waals surface area contributed by atoms with Crippen LogP contribution in [0.5, 0.6) is 0 Å². The minimum Gasteiger partial charge on any atom is -0.325 e. The van der Waals surface area contributed by atoms with Crippen molar-refractivity contribution in [2.24, 2.45) is 5.41 Å². The molecule has 0 aliphatic rings. The number of carbonyl (C=O) groups excluding carboxylic acids is 2. The standard InChI is InChI=1S/C22H28N2O2/c1-6-16-12-11-13-17(7-2)19(16)23-20(25)22(3,4)21(26)24(5)18-14-9-8-10-15-18/h8-15H,6-7H2,1-5H3,(H,23,25). The maximum Gasteiger partial charge on any atom is 0.241 e. The number of benzene rings is 2. The molecule has 0 saturated heterocycles. The van der Waals surface area contributed by atoms with E-state index in [4.69, 9.17) is 0 Å². The van der Waals surface area contributed by atoms with Gasteiger partial charge in [0.25, 0.3) is 0 Å². The zero-order valence-electron chi connectivity index (χ0n) is 16.3. The summed E-state index contributed by atoms with van der Waals surface area (Å²) < 4.78 is 0. The Balaban J connectivity index is 2.27. The van der Waals surface area contributed by atoms with E-state index < -0.39 is 5.41 Å². The second kappa shape index (κ2) is 8.17. The SMILES string of the molecule is CCc1cccc(CC)c1NC(=O)C(C)(C)C(=O)N(C)c1ccccc1. The summed E-state index contributed by atoms with van der Waals surface area (Å²) in [5.41, 5.74) is 2.58. The van der Waals surface area contributed by atoms with Gasteiger partial charge in [-0.05, 0) is 49.9 Å². The average molecular weight is 352 g/mol. The molecular formula is C22H28N2O2. The van der Waals surface area contributed by atoms with Crippen LogP contribution >= 0.6 is 0 Å². The number of para-hydroxylation sites is 2. The van der Waals surface area contributed by atoms with Crippen LogP contribution in [0.2, 0.25) is 0 Å². The van der Waals surface area contributed by atoms with Crippen LogP contribution in [0.1, 0.15) is 38.8 Å². The molecule has 2 aromatic carbocycles. The molecule has 1 N–H and O–H groups in total. The van der Waals surface area contributed by atoms with Crippen molar-refractivity contribution < 1.29 is 9.59 Å². The first kappa shape index (κ1) is 19.7. The van der Waals surface area contributed by atoms with Crippen LogP contribution in [0, 0.1) is 5.41 Å². The first-order chi connectivity index (χ1) is 12.3. The Hall–Kier alpha value is -2.62. The average Bonchev–Trinajstić information content (AvgIpc) is 2.67. The highest BCUT2D eigenvalue weighted by Crippen LogP contribution is 2.28. The second-order valence-electron chi connectivity index (χ2n) is 6.94. The molecule has 2 rings (SSSR count). The smallest absolute Gasteiger partial charge is 0.241 e. The third-order valence-electron chi connectivity index (χ3n) is 4.79. The highest BCUT2D eigenvalue weighted by molar-refractivity contribution is 6.15. The third-order valence-corrected chi connectivity index (χ3v) is 4.79. The fourth-order valence-electron chi connectivity index (χ4n) is 2.96. The monoisotopic (exact) mass is 352 g/mol. The van der Waals surface area contributed by atoms with Crippen molar-refractivity contribution in [3.63, 3.8) is 0 Å². The van der Waals surface area contributed by atoms with Gasteiger partial charge in [-0.15, -0.1) is 0 Å². The number of aryl methyl sites for hydroxylation is 2. The molecule has 0 atom stereocenters. The zero-order chi connectivity index (χ0) is 19.3. The zero-order valence-corrected chi connectivity index (χ0v) is 16.3. The molecule has 138 valence electrons. The van der Waals surface area contributed by atoms with E-state index in [9.17, 15) is 9.59 Å². The normalized spacial score (nSPS) is 11.1. The van der Waals surface area contributed by atoms with Crippen molar-refractivity contribution in [2.75, 3.05) is 17.3 Å². The predicted molar refractivity (Wildman–Crippen MR) is 107 cm³/mol. The number of hydrogen-bond donors (Lipinski definition) is 1. The first-order valence-corrected chi connectivity index (χ1v) is 9.08. The maximum absolute atomic E-state index is 13.0. The molecule has 2 amide bonds. The molecule has 4 nitrogen and oxygen atoms in total. The Morgan fingerprint density at radius 2 is 1.46 bits per heavy atom. The summed E-state index contributed by atoms with van der Waals surface area (Å²) >= 11 is 0. The van der Waals surface area contributed by atoms with E-state index in [2.05, 4.69) is 19.2 Å². The van der Waals surface area contributed by atoms with Crippen molar-refractivity contribution in [1.29, 1.82) is 0 Å². The van der Waals surface area contributed by atoms with Gasteiger partial charge in [0.2, 0.25) is 11.8 Å². The minimum absolute atomic E-state index is 0.242. The predicted octanol–water partition coefficient (Wildman–Crippen LogP) is 4.44. The number of anilines is 2. The van der Waals surface area contributed by atoms with E-state index in [1.807, 2.05) is 48.5 Å². The molecule has 0 radical (unpaired) electrons. The van der Waals surface area contributed by atoms with Crippen LogP contribution in [0.3, 0.4) is 0 Å². The molecule has 4 heteroatoms. The fraction of sp³-hybridized carbons (Fsp3) is 0.364. The van der Waals surface area contributed by atoms with E-state index >= 15 is 0 Å². The lowest BCUT2D eigenvalue weighted by atomic mass is 9.89. The molecule has 2 aromatic rings. The lowest BCUT2D eigenvalue weighted by Crippen LogP contribution is -2.46. The van der Waals surface area contributed by atoms with E-state index in [1.54, 1.807) is 20.9 Å². The molecule has 0 fully saturated rings. The number of carbonyl (C=O) groups is 2. The molecule has 0 saturated carbocycles. The van der Waals surface area contributed by atoms with Gasteiger partial charge in [-0.2, -0.15) is 0 Å². The first-order valence-electron chi connectivity index (χ1n) is 9.08. The quantitative estimate of drug-likeness (QED) is 0.782. The number of rotatable bonds is 6. The topological polar surface area (TPSA) is 49.4 Å². The van der Waals surface area contributed by atoms with Gasteiger partial charge >= 0.3 is 0 Å². The molecule has 26 heavy (non-hydrogen) atoms. The molecule has 0 aliphatic heterocycles. The Morgan fingerprint density at radius 3 is 1.96 bits per heavy atom. The van der Waals surface area contributed by atoms with E-state index in [0.717, 1.165) is 35.3 Å². The van der Waals surface area contributed by atoms with Crippen LogP contribution in [-0.4, -0.2) is 18.9 Å². The molecule has 0 spiro atoms. The molecular weight excluding hydrogens is 324 g/mol. The minimum atomic E-state index is -1.18. The summed E-state index contributed by atoms with van der Waals surface area (Å²) in [6, 6.07) is 15.4. The van der Waals surface area contributed by atoms with Gasteiger partial charge in [-0.25, -0.2) is 0 Å². The van der Waals surface area contributed by atoms with Gasteiger partial charge in [0, 0.05) is 18.4 Å². The highest BCUT2D eigenvalue weighted by atomic mass is 16.2. The molecule has 0 aliphatic carbocycles. The molecule has 0 unspecified atom stereocenters. The van der Waals surface area contributed by atoms with Crippen molar-refractivity contribution >= 4 is 23.2 Å². The summed E-state index contributed by atoms with van der Waals surface area (Å²) in [5.74, 6) is -0.533. The van der Waals surface area contributed by atoms with Gasteiger partial charge in [-0.3, -0.25) is 9.59 Å². The third kappa shape index (κ3) is 3.96. The summed E-state index contributed by atoms with van der Waals surface area (Å²) in [6.07, 6.45) is 1.64. The number of nitrogens with zero attached hydrogens (tertiary/aromatic N) is 1. The summed E-state index contributed by atoms with van der Waals surface area (Å²) in [5, 5.41) is 3.02. The van der Waals surface area contributed by atoms with Crippen molar-refractivity contribution in [3.8, 4) is 0 Å². The van der Waals surface area contributed by atoms with Crippen LogP contribution in [0.25, 0.3) is 0 Å². The van der Waals surface area contributed by atoms with Crippen molar-refractivity contribution in [3.05, 3.63) is 59.7 Å². The summed E-state index contributed by atoms with van der Waals surface area (Å²) in [6.45, 7) is 7.46. The molecule has 0 heterocycles. The van der Waals surface area contributed by atoms with Crippen molar-refractivity contribution in [1.82, 2.24) is 0 Å². The largest absolute Gasteiger partial charge is 0.325 e. The van der Waals surface area contributed by atoms with Gasteiger partial charge in [0.1, 0.15) is 5.41 Å². The van der Waals surface area contributed by atoms with Gasteiger partial charge < -0.3 is 10.2 Å². The number of hydrogen-bond acceptors (Lipinski definition) is 2. The Kier molecular flexibility index (Phi) is 6.19. The maximum atomic E-state index is 13.0. The summed E-state index contributed by atoms with van der Waals surface area (Å²) in [7, 11) is 1.70. The lowest BCUT2D eigenvalue weighted by Gasteiger charge is -2.29. The van der Waals surface area contributed by atoms with Crippen LogP contribution in [-0.2, 0) is 22.4 Å². The fourth-order valence-corrected chi connectivity index (χ4v) is 2.96. The number of amides is 2. The Labute approximate surface area is 156 Å². The Morgan fingerprint density at radius 1 is 0.923 bits per heavy atom. The van der Waals surface area contributed by atoms with E-state index in [0.29, 0.717) is 0 Å². The van der Waals surface area contributed by atoms with Crippen molar-refractivity contribution in [2.45, 2.75) is 40.5 Å². The van der Waals surface area contributed by atoms with Crippen LogP contribution in [0.15, 0.2) is 48.5 Å². The number of nitrogens with one attached hydrogen (secondary N) is 1. The summed E-state index contributed by atoms with van der Waals surface area (Å²) in [4.78, 5) is 27.5.